The van der Waals surface area contributed by atoms with E-state index in [0.717, 1.165) is 30.6 Å². The average Bonchev–Trinajstić information content (AvgIpc) is 2.46. The Morgan fingerprint density at radius 2 is 2.11 bits per heavy atom. The number of aryl methyl sites for hydroxylation is 1. The molecule has 0 aliphatic heterocycles. The Bertz CT molecular complexity index is 411. The normalized spacial score (nSPS) is 16.1. The molecule has 0 radical (unpaired) electrons. The highest BCUT2D eigenvalue weighted by molar-refractivity contribution is 5.76. The fourth-order valence-corrected chi connectivity index (χ4v) is 2.63. The number of amides is 1. The van der Waals surface area contributed by atoms with Crippen LogP contribution in [0.2, 0.25) is 0 Å². The van der Waals surface area contributed by atoms with Crippen LogP contribution in [0.3, 0.4) is 0 Å². The molecule has 1 aromatic rings. The van der Waals surface area contributed by atoms with Crippen molar-refractivity contribution in [1.29, 1.82) is 0 Å². The Labute approximate surface area is 115 Å². The molecule has 0 spiro atoms. The molecule has 1 aliphatic carbocycles. The number of benzene rings is 1. The minimum absolute atomic E-state index is 0.176. The first-order valence-electron chi connectivity index (χ1n) is 7.20. The van der Waals surface area contributed by atoms with Gasteiger partial charge in [-0.15, -0.1) is 0 Å². The molecule has 0 atom stereocenters. The summed E-state index contributed by atoms with van der Waals surface area (Å²) in [6.07, 6.45) is 7.44. The third-order valence-electron chi connectivity index (χ3n) is 3.75. The first kappa shape index (κ1) is 13.9. The van der Waals surface area contributed by atoms with Crippen molar-refractivity contribution >= 4 is 5.91 Å². The second-order valence-corrected chi connectivity index (χ2v) is 5.25. The summed E-state index contributed by atoms with van der Waals surface area (Å²) in [6, 6.07) is 8.33. The summed E-state index contributed by atoms with van der Waals surface area (Å²) in [5.74, 6) is 1.03. The minimum Gasteiger partial charge on any atom is -0.497 e. The lowest BCUT2D eigenvalue weighted by molar-refractivity contribution is -0.121. The maximum Gasteiger partial charge on any atom is 0.220 e. The molecular weight excluding hydrogens is 238 g/mol. The number of carbonyl (C=O) groups is 1. The van der Waals surface area contributed by atoms with Crippen LogP contribution >= 0.6 is 0 Å². The highest BCUT2D eigenvalue weighted by Gasteiger charge is 2.15. The molecular formula is C16H23NO2. The molecule has 0 bridgehead atoms. The van der Waals surface area contributed by atoms with Gasteiger partial charge in [-0.25, -0.2) is 0 Å². The van der Waals surface area contributed by atoms with Crippen molar-refractivity contribution in [2.75, 3.05) is 7.11 Å². The third kappa shape index (κ3) is 4.58. The fraction of sp³-hybridized carbons (Fsp3) is 0.562. The summed E-state index contributed by atoms with van der Waals surface area (Å²) in [5.41, 5.74) is 1.15. The number of ether oxygens (including phenoxy) is 1. The number of rotatable bonds is 5. The Morgan fingerprint density at radius 3 is 2.84 bits per heavy atom. The summed E-state index contributed by atoms with van der Waals surface area (Å²) in [5, 5.41) is 3.15. The predicted molar refractivity (Wildman–Crippen MR) is 76.3 cm³/mol. The maximum atomic E-state index is 11.9. The Morgan fingerprint density at radius 1 is 1.32 bits per heavy atom. The summed E-state index contributed by atoms with van der Waals surface area (Å²) >= 11 is 0. The Kier molecular flexibility index (Phi) is 5.25. The molecule has 0 saturated heterocycles. The molecule has 3 heteroatoms. The average molecular weight is 261 g/mol. The van der Waals surface area contributed by atoms with Crippen molar-refractivity contribution in [2.24, 2.45) is 0 Å². The molecule has 19 heavy (non-hydrogen) atoms. The molecule has 0 heterocycles. The lowest BCUT2D eigenvalue weighted by Gasteiger charge is -2.22. The number of carbonyl (C=O) groups excluding carboxylic acids is 1. The van der Waals surface area contributed by atoms with Crippen molar-refractivity contribution in [3.63, 3.8) is 0 Å². The van der Waals surface area contributed by atoms with Crippen LogP contribution in [0, 0.1) is 0 Å². The van der Waals surface area contributed by atoms with E-state index in [1.54, 1.807) is 7.11 Å². The Balaban J connectivity index is 1.76. The van der Waals surface area contributed by atoms with Crippen LogP contribution in [0.25, 0.3) is 0 Å². The summed E-state index contributed by atoms with van der Waals surface area (Å²) < 4.78 is 5.18. The zero-order chi connectivity index (χ0) is 13.5. The summed E-state index contributed by atoms with van der Waals surface area (Å²) in [7, 11) is 1.66. The minimum atomic E-state index is 0.176. The second kappa shape index (κ2) is 7.17. The molecule has 1 fully saturated rings. The lowest BCUT2D eigenvalue weighted by Crippen LogP contribution is -2.36. The lowest BCUT2D eigenvalue weighted by atomic mass is 9.95. The zero-order valence-electron chi connectivity index (χ0n) is 11.7. The van der Waals surface area contributed by atoms with E-state index in [-0.39, 0.29) is 5.91 Å². The van der Waals surface area contributed by atoms with Gasteiger partial charge in [0.15, 0.2) is 0 Å². The standard InChI is InChI=1S/C16H23NO2/c1-19-15-9-5-6-13(12-15)10-11-16(18)17-14-7-3-2-4-8-14/h5-6,9,12,14H,2-4,7-8,10-11H2,1H3,(H,17,18). The molecule has 2 rings (SSSR count). The summed E-state index contributed by atoms with van der Waals surface area (Å²) in [4.78, 5) is 11.9. The van der Waals surface area contributed by atoms with Crippen LogP contribution in [0.5, 0.6) is 5.75 Å². The quantitative estimate of drug-likeness (QED) is 0.884. The molecule has 0 aromatic heterocycles. The molecule has 1 aliphatic rings. The van der Waals surface area contributed by atoms with E-state index in [9.17, 15) is 4.79 Å². The SMILES string of the molecule is COc1cccc(CCC(=O)NC2CCCCC2)c1. The van der Waals surface area contributed by atoms with Gasteiger partial charge in [-0.05, 0) is 37.0 Å². The van der Waals surface area contributed by atoms with Crippen LogP contribution in [0.4, 0.5) is 0 Å². The number of hydrogen-bond donors (Lipinski definition) is 1. The third-order valence-corrected chi connectivity index (χ3v) is 3.75. The molecule has 1 aromatic carbocycles. The monoisotopic (exact) mass is 261 g/mol. The number of nitrogens with one attached hydrogen (secondary N) is 1. The van der Waals surface area contributed by atoms with Gasteiger partial charge < -0.3 is 10.1 Å². The number of methoxy groups -OCH3 is 1. The van der Waals surface area contributed by atoms with E-state index < -0.39 is 0 Å². The van der Waals surface area contributed by atoms with E-state index in [2.05, 4.69) is 5.32 Å². The molecule has 0 unspecified atom stereocenters. The van der Waals surface area contributed by atoms with Crippen molar-refractivity contribution in [1.82, 2.24) is 5.32 Å². The van der Waals surface area contributed by atoms with Crippen LogP contribution in [0.1, 0.15) is 44.1 Å². The smallest absolute Gasteiger partial charge is 0.220 e. The first-order chi connectivity index (χ1) is 9.28. The summed E-state index contributed by atoms with van der Waals surface area (Å²) in [6.45, 7) is 0. The van der Waals surface area contributed by atoms with Crippen molar-refractivity contribution in [3.8, 4) is 5.75 Å². The van der Waals surface area contributed by atoms with Gasteiger partial charge in [0.1, 0.15) is 5.75 Å². The first-order valence-corrected chi connectivity index (χ1v) is 7.20. The van der Waals surface area contributed by atoms with E-state index in [4.69, 9.17) is 4.74 Å². The van der Waals surface area contributed by atoms with E-state index in [1.807, 2.05) is 24.3 Å². The maximum absolute atomic E-state index is 11.9. The van der Waals surface area contributed by atoms with Gasteiger partial charge in [0, 0.05) is 12.5 Å². The van der Waals surface area contributed by atoms with Crippen LogP contribution in [-0.4, -0.2) is 19.1 Å². The molecule has 3 nitrogen and oxygen atoms in total. The van der Waals surface area contributed by atoms with Gasteiger partial charge in [0.2, 0.25) is 5.91 Å². The number of hydrogen-bond acceptors (Lipinski definition) is 2. The highest BCUT2D eigenvalue weighted by Crippen LogP contribution is 2.18. The van der Waals surface area contributed by atoms with Crippen LogP contribution in [0.15, 0.2) is 24.3 Å². The van der Waals surface area contributed by atoms with E-state index in [0.29, 0.717) is 12.5 Å². The van der Waals surface area contributed by atoms with Gasteiger partial charge >= 0.3 is 0 Å². The molecule has 104 valence electrons. The van der Waals surface area contributed by atoms with Crippen LogP contribution < -0.4 is 10.1 Å². The zero-order valence-corrected chi connectivity index (χ0v) is 11.7. The molecule has 1 N–H and O–H groups in total. The van der Waals surface area contributed by atoms with Crippen molar-refractivity contribution in [2.45, 2.75) is 51.0 Å². The Hall–Kier alpha value is -1.51. The topological polar surface area (TPSA) is 38.3 Å². The highest BCUT2D eigenvalue weighted by atomic mass is 16.5. The fourth-order valence-electron chi connectivity index (χ4n) is 2.63. The van der Waals surface area contributed by atoms with Gasteiger partial charge in [-0.1, -0.05) is 31.4 Å². The molecule has 1 saturated carbocycles. The predicted octanol–water partition coefficient (Wildman–Crippen LogP) is 3.08. The largest absolute Gasteiger partial charge is 0.497 e. The van der Waals surface area contributed by atoms with Gasteiger partial charge in [-0.3, -0.25) is 4.79 Å². The van der Waals surface area contributed by atoms with Crippen molar-refractivity contribution in [3.05, 3.63) is 29.8 Å². The second-order valence-electron chi connectivity index (χ2n) is 5.25. The molecule has 1 amide bonds. The van der Waals surface area contributed by atoms with E-state index >= 15 is 0 Å². The van der Waals surface area contributed by atoms with Gasteiger partial charge in [0.05, 0.1) is 7.11 Å². The van der Waals surface area contributed by atoms with Crippen LogP contribution in [-0.2, 0) is 11.2 Å². The van der Waals surface area contributed by atoms with E-state index in [1.165, 1.54) is 19.3 Å². The van der Waals surface area contributed by atoms with Crippen molar-refractivity contribution < 1.29 is 9.53 Å². The van der Waals surface area contributed by atoms with Gasteiger partial charge in [-0.2, -0.15) is 0 Å². The van der Waals surface area contributed by atoms with Gasteiger partial charge in [0.25, 0.3) is 0 Å².